The predicted molar refractivity (Wildman–Crippen MR) is 83.4 cm³/mol. The molecule has 3 aromatic rings. The van der Waals surface area contributed by atoms with E-state index in [0.717, 1.165) is 10.2 Å². The molecule has 0 atom stereocenters. The molecule has 0 spiro atoms. The highest BCUT2D eigenvalue weighted by Crippen LogP contribution is 2.21. The van der Waals surface area contributed by atoms with Crippen molar-refractivity contribution in [3.05, 3.63) is 46.0 Å². The van der Waals surface area contributed by atoms with E-state index in [1.54, 1.807) is 24.0 Å². The predicted octanol–water partition coefficient (Wildman–Crippen LogP) is 2.33. The quantitative estimate of drug-likeness (QED) is 0.692. The fraction of sp³-hybridized carbons (Fsp3) is 0.267. The maximum absolute atomic E-state index is 12.1. The summed E-state index contributed by atoms with van der Waals surface area (Å²) in [4.78, 5) is 17.0. The maximum atomic E-state index is 12.1. The molecule has 0 saturated carbocycles. The lowest BCUT2D eigenvalue weighted by Gasteiger charge is -2.00. The van der Waals surface area contributed by atoms with Crippen molar-refractivity contribution in [3.8, 4) is 0 Å². The number of hydrogen-bond donors (Lipinski definition) is 0. The first-order chi connectivity index (χ1) is 9.95. The van der Waals surface area contributed by atoms with Crippen LogP contribution in [0.4, 0.5) is 0 Å². The molecule has 0 radical (unpaired) electrons. The van der Waals surface area contributed by atoms with Gasteiger partial charge < -0.3 is 4.57 Å². The molecule has 0 unspecified atom stereocenters. The van der Waals surface area contributed by atoms with Crippen molar-refractivity contribution >= 4 is 27.5 Å². The van der Waals surface area contributed by atoms with Crippen LogP contribution in [0.1, 0.15) is 21.6 Å². The first-order valence-electron chi connectivity index (χ1n) is 6.61. The van der Waals surface area contributed by atoms with Gasteiger partial charge in [0.2, 0.25) is 0 Å². The Morgan fingerprint density at radius 2 is 1.95 bits per heavy atom. The lowest BCUT2D eigenvalue weighted by molar-refractivity contribution is 0.0992. The normalized spacial score (nSPS) is 12.3. The zero-order chi connectivity index (χ0) is 15.1. The molecule has 21 heavy (non-hydrogen) atoms. The number of thiazole rings is 1. The van der Waals surface area contributed by atoms with Crippen LogP contribution in [-0.2, 0) is 14.1 Å². The SMILES string of the molecule is Cc1cc2sc(=NC(=O)c3ccn(C)n3)n(C)c2cc1C. The number of aryl methyl sites for hydroxylation is 4. The number of fused-ring (bicyclic) bond motifs is 1. The van der Waals surface area contributed by atoms with E-state index < -0.39 is 0 Å². The van der Waals surface area contributed by atoms with Crippen LogP contribution in [0.3, 0.4) is 0 Å². The van der Waals surface area contributed by atoms with Gasteiger partial charge in [0.25, 0.3) is 5.91 Å². The first-order valence-corrected chi connectivity index (χ1v) is 7.43. The molecule has 2 heterocycles. The number of hydrogen-bond acceptors (Lipinski definition) is 3. The van der Waals surface area contributed by atoms with Gasteiger partial charge in [-0.25, -0.2) is 0 Å². The van der Waals surface area contributed by atoms with Crippen LogP contribution in [0.25, 0.3) is 10.2 Å². The van der Waals surface area contributed by atoms with Crippen LogP contribution < -0.4 is 4.80 Å². The van der Waals surface area contributed by atoms with Crippen molar-refractivity contribution in [2.24, 2.45) is 19.1 Å². The van der Waals surface area contributed by atoms with E-state index >= 15 is 0 Å². The maximum Gasteiger partial charge on any atom is 0.300 e. The summed E-state index contributed by atoms with van der Waals surface area (Å²) in [5, 5.41) is 4.09. The van der Waals surface area contributed by atoms with Gasteiger partial charge in [0.1, 0.15) is 0 Å². The standard InChI is InChI=1S/C15H16N4OS/c1-9-7-12-13(8-10(9)2)21-15(19(12)4)16-14(20)11-5-6-18(3)17-11/h5-8H,1-4H3. The molecule has 1 amide bonds. The van der Waals surface area contributed by atoms with E-state index in [9.17, 15) is 4.79 Å². The molecule has 0 aliphatic rings. The number of carbonyl (C=O) groups excluding carboxylic acids is 1. The molecule has 1 aromatic carbocycles. The third-order valence-corrected chi connectivity index (χ3v) is 4.65. The monoisotopic (exact) mass is 300 g/mol. The van der Waals surface area contributed by atoms with Crippen LogP contribution in [-0.4, -0.2) is 20.3 Å². The molecule has 2 aromatic heterocycles. The Morgan fingerprint density at radius 1 is 1.24 bits per heavy atom. The van der Waals surface area contributed by atoms with Gasteiger partial charge in [-0.2, -0.15) is 10.1 Å². The molecule has 0 bridgehead atoms. The Hall–Kier alpha value is -2.21. The number of aromatic nitrogens is 3. The van der Waals surface area contributed by atoms with Gasteiger partial charge in [-0.3, -0.25) is 9.48 Å². The molecular weight excluding hydrogens is 284 g/mol. The second kappa shape index (κ2) is 4.96. The molecule has 0 N–H and O–H groups in total. The Balaban J connectivity index is 2.14. The summed E-state index contributed by atoms with van der Waals surface area (Å²) >= 11 is 1.52. The molecule has 5 nitrogen and oxygen atoms in total. The van der Waals surface area contributed by atoms with Crippen molar-refractivity contribution in [3.63, 3.8) is 0 Å². The van der Waals surface area contributed by atoms with Crippen molar-refractivity contribution < 1.29 is 4.79 Å². The van der Waals surface area contributed by atoms with Gasteiger partial charge in [0.15, 0.2) is 10.5 Å². The summed E-state index contributed by atoms with van der Waals surface area (Å²) in [6.45, 7) is 4.17. The Bertz CT molecular complexity index is 914. The molecular formula is C15H16N4OS. The minimum Gasteiger partial charge on any atom is -0.319 e. The van der Waals surface area contributed by atoms with Crippen molar-refractivity contribution in [2.45, 2.75) is 13.8 Å². The van der Waals surface area contributed by atoms with E-state index in [0.29, 0.717) is 10.5 Å². The Morgan fingerprint density at radius 3 is 2.62 bits per heavy atom. The second-order valence-electron chi connectivity index (χ2n) is 5.14. The van der Waals surface area contributed by atoms with E-state index in [-0.39, 0.29) is 5.91 Å². The van der Waals surface area contributed by atoms with Crippen LogP contribution in [0.5, 0.6) is 0 Å². The third kappa shape index (κ3) is 2.42. The van der Waals surface area contributed by atoms with Gasteiger partial charge in [0.05, 0.1) is 10.2 Å². The van der Waals surface area contributed by atoms with Gasteiger partial charge in [-0.05, 0) is 43.2 Å². The van der Waals surface area contributed by atoms with Crippen LogP contribution in [0.15, 0.2) is 29.4 Å². The van der Waals surface area contributed by atoms with Crippen molar-refractivity contribution in [1.82, 2.24) is 14.3 Å². The van der Waals surface area contributed by atoms with Gasteiger partial charge in [-0.15, -0.1) is 0 Å². The fourth-order valence-corrected chi connectivity index (χ4v) is 3.26. The highest BCUT2D eigenvalue weighted by Gasteiger charge is 2.10. The largest absolute Gasteiger partial charge is 0.319 e. The summed E-state index contributed by atoms with van der Waals surface area (Å²) in [5.74, 6) is -0.314. The molecule has 6 heteroatoms. The van der Waals surface area contributed by atoms with E-state index in [1.165, 1.54) is 22.5 Å². The average Bonchev–Trinajstić information content (AvgIpc) is 2.98. The molecule has 0 fully saturated rings. The molecule has 0 aliphatic carbocycles. The van der Waals surface area contributed by atoms with E-state index in [1.807, 2.05) is 11.6 Å². The summed E-state index contributed by atoms with van der Waals surface area (Å²) in [6.07, 6.45) is 1.74. The minimum atomic E-state index is -0.314. The highest BCUT2D eigenvalue weighted by atomic mass is 32.1. The Labute approximate surface area is 126 Å². The second-order valence-corrected chi connectivity index (χ2v) is 6.15. The van der Waals surface area contributed by atoms with E-state index in [4.69, 9.17) is 0 Å². The summed E-state index contributed by atoms with van der Waals surface area (Å²) in [5.41, 5.74) is 3.93. The smallest absolute Gasteiger partial charge is 0.300 e. The van der Waals surface area contributed by atoms with E-state index in [2.05, 4.69) is 36.1 Å². The van der Waals surface area contributed by atoms with Gasteiger partial charge >= 0.3 is 0 Å². The number of amides is 1. The highest BCUT2D eigenvalue weighted by molar-refractivity contribution is 7.16. The van der Waals surface area contributed by atoms with Gasteiger partial charge in [0, 0.05) is 20.3 Å². The van der Waals surface area contributed by atoms with Crippen molar-refractivity contribution in [1.29, 1.82) is 0 Å². The molecule has 0 aliphatic heterocycles. The molecule has 108 valence electrons. The Kier molecular flexibility index (Phi) is 3.25. The zero-order valence-corrected chi connectivity index (χ0v) is 13.2. The fourth-order valence-electron chi connectivity index (χ4n) is 2.16. The lowest BCUT2D eigenvalue weighted by atomic mass is 10.1. The van der Waals surface area contributed by atoms with Crippen LogP contribution in [0.2, 0.25) is 0 Å². The average molecular weight is 300 g/mol. The van der Waals surface area contributed by atoms with Crippen LogP contribution in [0, 0.1) is 13.8 Å². The summed E-state index contributed by atoms with van der Waals surface area (Å²) < 4.78 is 4.68. The number of carbonyl (C=O) groups is 1. The van der Waals surface area contributed by atoms with Crippen LogP contribution >= 0.6 is 11.3 Å². The zero-order valence-electron chi connectivity index (χ0n) is 12.4. The number of nitrogens with zero attached hydrogens (tertiary/aromatic N) is 4. The number of rotatable bonds is 1. The minimum absolute atomic E-state index is 0.314. The number of benzene rings is 1. The first kappa shape index (κ1) is 13.8. The molecule has 0 saturated heterocycles. The topological polar surface area (TPSA) is 52.2 Å². The van der Waals surface area contributed by atoms with Gasteiger partial charge in [-0.1, -0.05) is 11.3 Å². The summed E-state index contributed by atoms with van der Waals surface area (Å²) in [7, 11) is 3.71. The lowest BCUT2D eigenvalue weighted by Crippen LogP contribution is -2.13. The third-order valence-electron chi connectivity index (χ3n) is 3.55. The van der Waals surface area contributed by atoms with Crippen molar-refractivity contribution in [2.75, 3.05) is 0 Å². The summed E-state index contributed by atoms with van der Waals surface area (Å²) in [6, 6.07) is 5.94. The molecule has 3 rings (SSSR count).